The lowest BCUT2D eigenvalue weighted by atomic mass is 10.0. The van der Waals surface area contributed by atoms with Crippen molar-refractivity contribution in [2.24, 2.45) is 0 Å². The summed E-state index contributed by atoms with van der Waals surface area (Å²) in [7, 11) is 1.46. The molecule has 0 fully saturated rings. The van der Waals surface area contributed by atoms with Crippen molar-refractivity contribution < 1.29 is 28.7 Å². The van der Waals surface area contributed by atoms with Crippen LogP contribution in [0.2, 0.25) is 20.1 Å². The fraction of sp³-hybridized carbons (Fsp3) is 0.154. The Morgan fingerprint density at radius 3 is 2.00 bits per heavy atom. The minimum atomic E-state index is -1.43. The Morgan fingerprint density at radius 2 is 1.43 bits per heavy atom. The summed E-state index contributed by atoms with van der Waals surface area (Å²) in [4.78, 5) is 53.4. The van der Waals surface area contributed by atoms with Crippen molar-refractivity contribution in [1.29, 1.82) is 0 Å². The number of ketones is 1. The molecule has 0 aromatic heterocycles. The smallest absolute Gasteiger partial charge is 0.330 e. The SMILES string of the molecule is COc1cccc(C(=O)COC(=O)C(Cc2ccccc2)N2C(=O)c3c(Cl)c(Cl)c(Cl)c(Cl)c3C2=O)c1. The molecule has 1 aliphatic rings. The quantitative estimate of drug-likeness (QED) is 0.108. The largest absolute Gasteiger partial charge is 0.497 e. The Balaban J connectivity index is 1.65. The Morgan fingerprint density at radius 1 is 0.838 bits per heavy atom. The summed E-state index contributed by atoms with van der Waals surface area (Å²) < 4.78 is 10.4. The van der Waals surface area contributed by atoms with E-state index in [-0.39, 0.29) is 43.2 Å². The Hall–Kier alpha value is -3.10. The van der Waals surface area contributed by atoms with Crippen LogP contribution in [0.5, 0.6) is 5.75 Å². The summed E-state index contributed by atoms with van der Waals surface area (Å²) in [5.41, 5.74) is 0.373. The molecule has 1 aliphatic heterocycles. The van der Waals surface area contributed by atoms with Crippen LogP contribution in [0.4, 0.5) is 0 Å². The molecular formula is C26H17Cl4NO6. The van der Waals surface area contributed by atoms with E-state index in [9.17, 15) is 19.2 Å². The molecule has 3 aromatic carbocycles. The van der Waals surface area contributed by atoms with Gasteiger partial charge in [-0.3, -0.25) is 19.3 Å². The molecule has 4 rings (SSSR count). The molecule has 11 heteroatoms. The van der Waals surface area contributed by atoms with Gasteiger partial charge < -0.3 is 9.47 Å². The number of hydrogen-bond donors (Lipinski definition) is 0. The number of Topliss-reactive ketones (excluding diaryl/α,β-unsaturated/α-hetero) is 1. The second-order valence-electron chi connectivity index (χ2n) is 7.95. The Kier molecular flexibility index (Phi) is 8.09. The van der Waals surface area contributed by atoms with Gasteiger partial charge in [0.1, 0.15) is 11.8 Å². The lowest BCUT2D eigenvalue weighted by molar-refractivity contribution is -0.147. The highest BCUT2D eigenvalue weighted by Crippen LogP contribution is 2.45. The van der Waals surface area contributed by atoms with Crippen LogP contribution in [0.1, 0.15) is 36.6 Å². The lowest BCUT2D eigenvalue weighted by Gasteiger charge is -2.24. The predicted octanol–water partition coefficient (Wildman–Crippen LogP) is 5.94. The highest BCUT2D eigenvalue weighted by molar-refractivity contribution is 6.55. The van der Waals surface area contributed by atoms with Crippen molar-refractivity contribution in [1.82, 2.24) is 4.90 Å². The first-order chi connectivity index (χ1) is 17.6. The number of fused-ring (bicyclic) bond motifs is 1. The fourth-order valence-electron chi connectivity index (χ4n) is 3.88. The second-order valence-corrected chi connectivity index (χ2v) is 9.47. The van der Waals surface area contributed by atoms with Crippen LogP contribution in [0.3, 0.4) is 0 Å². The molecule has 2 amide bonds. The maximum atomic E-state index is 13.4. The first-order valence-corrected chi connectivity index (χ1v) is 12.3. The molecular weight excluding hydrogens is 564 g/mol. The molecule has 0 spiro atoms. The number of carbonyl (C=O) groups excluding carboxylic acids is 4. The van der Waals surface area contributed by atoms with Gasteiger partial charge >= 0.3 is 5.97 Å². The topological polar surface area (TPSA) is 90.0 Å². The number of nitrogens with zero attached hydrogens (tertiary/aromatic N) is 1. The fourth-order valence-corrected chi connectivity index (χ4v) is 4.89. The molecule has 0 aliphatic carbocycles. The number of carbonyl (C=O) groups is 4. The van der Waals surface area contributed by atoms with E-state index in [1.807, 2.05) is 0 Å². The maximum Gasteiger partial charge on any atom is 0.330 e. The summed E-state index contributed by atoms with van der Waals surface area (Å²) in [5.74, 6) is -2.79. The number of hydrogen-bond acceptors (Lipinski definition) is 6. The van der Waals surface area contributed by atoms with E-state index in [1.54, 1.807) is 48.5 Å². The molecule has 3 aromatic rings. The first-order valence-electron chi connectivity index (χ1n) is 10.8. The van der Waals surface area contributed by atoms with Crippen molar-refractivity contribution >= 4 is 70.0 Å². The highest BCUT2D eigenvalue weighted by atomic mass is 35.5. The van der Waals surface area contributed by atoms with Gasteiger partial charge in [-0.15, -0.1) is 0 Å². The Bertz CT molecular complexity index is 1380. The van der Waals surface area contributed by atoms with Crippen molar-refractivity contribution in [2.45, 2.75) is 12.5 Å². The molecule has 190 valence electrons. The molecule has 7 nitrogen and oxygen atoms in total. The summed E-state index contributed by atoms with van der Waals surface area (Å²) in [6.07, 6.45) is -0.0881. The molecule has 1 unspecified atom stereocenters. The van der Waals surface area contributed by atoms with E-state index in [4.69, 9.17) is 55.9 Å². The van der Waals surface area contributed by atoms with Crippen LogP contribution in [0, 0.1) is 0 Å². The summed E-state index contributed by atoms with van der Waals surface area (Å²) in [6.45, 7) is -0.625. The van der Waals surface area contributed by atoms with Crippen LogP contribution in [-0.2, 0) is 16.0 Å². The molecule has 0 bridgehead atoms. The zero-order valence-corrected chi connectivity index (χ0v) is 22.1. The van der Waals surface area contributed by atoms with Gasteiger partial charge in [0, 0.05) is 12.0 Å². The van der Waals surface area contributed by atoms with E-state index < -0.39 is 36.2 Å². The van der Waals surface area contributed by atoms with Crippen LogP contribution >= 0.6 is 46.4 Å². The van der Waals surface area contributed by atoms with E-state index in [2.05, 4.69) is 0 Å². The molecule has 37 heavy (non-hydrogen) atoms. The summed E-state index contributed by atoms with van der Waals surface area (Å²) in [6, 6.07) is 13.6. The van der Waals surface area contributed by atoms with E-state index in [0.29, 0.717) is 16.2 Å². The van der Waals surface area contributed by atoms with E-state index >= 15 is 0 Å². The van der Waals surface area contributed by atoms with Gasteiger partial charge in [-0.2, -0.15) is 0 Å². The lowest BCUT2D eigenvalue weighted by Crippen LogP contribution is -2.47. The zero-order chi connectivity index (χ0) is 26.9. The number of amides is 2. The molecule has 0 radical (unpaired) electrons. The third kappa shape index (κ3) is 5.18. The van der Waals surface area contributed by atoms with Gasteiger partial charge in [0.25, 0.3) is 11.8 Å². The molecule has 1 atom stereocenters. The van der Waals surface area contributed by atoms with E-state index in [0.717, 1.165) is 0 Å². The number of halogens is 4. The predicted molar refractivity (Wildman–Crippen MR) is 139 cm³/mol. The van der Waals surface area contributed by atoms with Gasteiger partial charge in [-0.1, -0.05) is 88.9 Å². The first kappa shape index (κ1) is 26.9. The van der Waals surface area contributed by atoms with Gasteiger partial charge in [-0.25, -0.2) is 4.79 Å². The zero-order valence-electron chi connectivity index (χ0n) is 19.1. The molecule has 1 heterocycles. The number of rotatable bonds is 8. The average Bonchev–Trinajstić information content (AvgIpc) is 3.17. The number of ether oxygens (including phenoxy) is 2. The maximum absolute atomic E-state index is 13.4. The van der Waals surface area contributed by atoms with Gasteiger partial charge in [0.05, 0.1) is 38.3 Å². The van der Waals surface area contributed by atoms with E-state index in [1.165, 1.54) is 13.2 Å². The minimum absolute atomic E-state index is 0.0881. The standard InChI is InChI=1S/C26H17Cl4NO6/c1-36-15-9-5-8-14(11-15)17(32)12-37-26(35)16(10-13-6-3-2-4-7-13)31-24(33)18-19(25(31)34)21(28)23(30)22(29)20(18)27/h2-9,11,16H,10,12H2,1H3. The molecule has 0 saturated heterocycles. The number of methoxy groups -OCH3 is 1. The minimum Gasteiger partial charge on any atom is -0.497 e. The number of esters is 1. The van der Waals surface area contributed by atoms with Crippen molar-refractivity contribution in [3.05, 3.63) is 96.9 Å². The highest BCUT2D eigenvalue weighted by Gasteiger charge is 2.47. The monoisotopic (exact) mass is 579 g/mol. The normalized spacial score (nSPS) is 13.4. The van der Waals surface area contributed by atoms with Crippen LogP contribution in [0.25, 0.3) is 0 Å². The number of imide groups is 1. The summed E-state index contributed by atoms with van der Waals surface area (Å²) in [5, 5.41) is -0.902. The van der Waals surface area contributed by atoms with Crippen LogP contribution < -0.4 is 4.74 Å². The molecule has 0 N–H and O–H groups in total. The summed E-state index contributed by atoms with van der Waals surface area (Å²) >= 11 is 24.7. The molecule has 0 saturated carbocycles. The van der Waals surface area contributed by atoms with Crippen LogP contribution in [0.15, 0.2) is 54.6 Å². The third-order valence-electron chi connectivity index (χ3n) is 5.73. The van der Waals surface area contributed by atoms with Gasteiger partial charge in [-0.05, 0) is 17.7 Å². The van der Waals surface area contributed by atoms with Crippen LogP contribution in [-0.4, -0.2) is 48.2 Å². The Labute approximate surface area is 231 Å². The average molecular weight is 581 g/mol. The third-order valence-corrected chi connectivity index (χ3v) is 7.53. The number of benzene rings is 3. The second kappa shape index (κ2) is 11.1. The van der Waals surface area contributed by atoms with Crippen molar-refractivity contribution in [2.75, 3.05) is 13.7 Å². The van der Waals surface area contributed by atoms with Gasteiger partial charge in [0.15, 0.2) is 12.4 Å². The van der Waals surface area contributed by atoms with Gasteiger partial charge in [0.2, 0.25) is 0 Å². The van der Waals surface area contributed by atoms with Crippen molar-refractivity contribution in [3.63, 3.8) is 0 Å². The van der Waals surface area contributed by atoms with Crippen molar-refractivity contribution in [3.8, 4) is 5.75 Å².